The zero-order valence-corrected chi connectivity index (χ0v) is 5.24. The lowest BCUT2D eigenvalue weighted by molar-refractivity contribution is -0.140. The van der Waals surface area contributed by atoms with Gasteiger partial charge in [0.05, 0.1) is 0 Å². The minimum absolute atomic E-state index is 0. The second-order valence-electron chi connectivity index (χ2n) is 0.552. The Bertz CT molecular complexity index is 45.7. The molecule has 0 saturated carbocycles. The molecule has 0 aliphatic rings. The smallest absolute Gasteiger partial charge is 0.329 e. The molecule has 8 heavy (non-hydrogen) atoms. The maximum absolute atomic E-state index is 9.12. The van der Waals surface area contributed by atoms with Crippen LogP contribution in [0.25, 0.3) is 0 Å². The Morgan fingerprint density at radius 3 is 1.50 bits per heavy atom. The van der Waals surface area contributed by atoms with Crippen molar-refractivity contribution in [3.8, 4) is 0 Å². The number of aliphatic carboxylic acids is 1. The minimum atomic E-state index is -1.19. The van der Waals surface area contributed by atoms with E-state index in [2.05, 4.69) is 0 Å². The first-order valence-electron chi connectivity index (χ1n) is 1.10. The number of hydrogen-bond donors (Lipinski definition) is 2. The summed E-state index contributed by atoms with van der Waals surface area (Å²) in [7, 11) is 0. The van der Waals surface area contributed by atoms with Crippen molar-refractivity contribution in [2.45, 2.75) is 0 Å². The summed E-state index contributed by atoms with van der Waals surface area (Å²) in [5.41, 5.74) is 0. The van der Waals surface area contributed by atoms with Gasteiger partial charge in [-0.05, 0) is 0 Å². The fourth-order valence-electron chi connectivity index (χ4n) is 0. The van der Waals surface area contributed by atoms with E-state index in [1.165, 1.54) is 0 Å². The summed E-state index contributed by atoms with van der Waals surface area (Å²) in [6.45, 7) is -0.778. The van der Waals surface area contributed by atoms with E-state index in [-0.39, 0.29) is 28.3 Å². The van der Waals surface area contributed by atoms with E-state index in [1.54, 1.807) is 0 Å². The molecule has 0 saturated heterocycles. The molecule has 0 atom stereocenters. The zero-order chi connectivity index (χ0) is 4.28. The van der Waals surface area contributed by atoms with Crippen LogP contribution in [0.4, 0.5) is 0 Å². The highest BCUT2D eigenvalue weighted by molar-refractivity contribution is 5.75. The Morgan fingerprint density at radius 2 is 1.50 bits per heavy atom. The number of carboxylic acids is 1. The lowest BCUT2D eigenvalue weighted by Gasteiger charge is -1.72. The predicted octanol–water partition coefficient (Wildman–Crippen LogP) is -2.97. The van der Waals surface area contributed by atoms with Gasteiger partial charge in [-0.3, -0.25) is 0 Å². The van der Waals surface area contributed by atoms with Gasteiger partial charge in [-0.25, -0.2) is 4.79 Å². The van der Waals surface area contributed by atoms with E-state index >= 15 is 0 Å². The van der Waals surface area contributed by atoms with Crippen molar-refractivity contribution in [2.75, 3.05) is 6.61 Å². The number of carboxylic acid groups (broad SMARTS) is 1. The van der Waals surface area contributed by atoms with Crippen LogP contribution in [0.1, 0.15) is 0 Å². The molecule has 0 bridgehead atoms. The van der Waals surface area contributed by atoms with Crippen LogP contribution in [-0.4, -0.2) is 51.1 Å². The quantitative estimate of drug-likeness (QED) is 0.377. The monoisotopic (exact) mass is 139 g/mol. The minimum Gasteiger partial charge on any atom is -0.480 e. The van der Waals surface area contributed by atoms with E-state index in [0.717, 1.165) is 0 Å². The van der Waals surface area contributed by atoms with Crippen LogP contribution in [0.2, 0.25) is 0 Å². The molecule has 6 N–H and O–H groups in total. The van der Waals surface area contributed by atoms with Crippen molar-refractivity contribution >= 4 is 23.3 Å². The van der Waals surface area contributed by atoms with E-state index in [1.807, 2.05) is 0 Å². The first-order chi connectivity index (χ1) is 2.27. The Labute approximate surface area is 56.7 Å². The second-order valence-corrected chi connectivity index (χ2v) is 0.552. The average molecular weight is 139 g/mol. The van der Waals surface area contributed by atoms with Gasteiger partial charge in [0, 0.05) is 17.4 Å². The highest BCUT2D eigenvalue weighted by Gasteiger charge is 1.82. The third-order valence-electron chi connectivity index (χ3n) is 0.135. The molecule has 0 aliphatic heterocycles. The predicted molar refractivity (Wildman–Crippen MR) is 27.7 cm³/mol. The summed E-state index contributed by atoms with van der Waals surface area (Å²) in [4.78, 5) is 9.12. The lowest BCUT2D eigenvalue weighted by atomic mass is 10.8. The summed E-state index contributed by atoms with van der Waals surface area (Å²) >= 11 is 0. The molecule has 0 fully saturated rings. The molecule has 0 amide bonds. The van der Waals surface area contributed by atoms with Gasteiger partial charge >= 0.3 is 5.97 Å². The van der Waals surface area contributed by atoms with Gasteiger partial charge in [0.25, 0.3) is 0 Å². The molecule has 0 rings (SSSR count). The molecule has 0 unspecified atom stereocenters. The van der Waals surface area contributed by atoms with Crippen LogP contribution < -0.4 is 0 Å². The molecule has 0 aliphatic carbocycles. The summed E-state index contributed by atoms with van der Waals surface area (Å²) in [6, 6.07) is 0. The van der Waals surface area contributed by atoms with Gasteiger partial charge in [0.2, 0.25) is 0 Å². The first-order valence-corrected chi connectivity index (χ1v) is 1.10. The highest BCUT2D eigenvalue weighted by Crippen LogP contribution is 1.48. The number of hydrogen-bond acceptors (Lipinski definition) is 2. The Hall–Kier alpha value is -0.118. The van der Waals surface area contributed by atoms with Crippen molar-refractivity contribution in [3.63, 3.8) is 0 Å². The van der Waals surface area contributed by atoms with Crippen LogP contribution in [0.5, 0.6) is 0 Å². The molecular weight excluding hydrogens is 131 g/mol. The normalized spacial score (nSPS) is 4.62. The third kappa shape index (κ3) is 39.6. The fraction of sp³-hybridized carbons (Fsp3) is 0.500. The zero-order valence-electron chi connectivity index (χ0n) is 4.09. The molecular formula is C2H8AlO5. The van der Waals surface area contributed by atoms with Gasteiger partial charge in [-0.1, -0.05) is 0 Å². The number of aliphatic hydroxyl groups is 1. The fourth-order valence-corrected chi connectivity index (χ4v) is 0. The summed E-state index contributed by atoms with van der Waals surface area (Å²) in [5, 5.41) is 15.0. The maximum atomic E-state index is 9.12. The van der Waals surface area contributed by atoms with Crippen molar-refractivity contribution in [3.05, 3.63) is 0 Å². The molecule has 6 heteroatoms. The topological polar surface area (TPSA) is 121 Å². The average Bonchev–Trinajstić information content (AvgIpc) is 1.38. The summed E-state index contributed by atoms with van der Waals surface area (Å²) in [5.74, 6) is -1.19. The number of rotatable bonds is 1. The molecule has 49 valence electrons. The third-order valence-corrected chi connectivity index (χ3v) is 0.135. The van der Waals surface area contributed by atoms with Gasteiger partial charge in [-0.15, -0.1) is 0 Å². The van der Waals surface area contributed by atoms with Crippen LogP contribution in [-0.2, 0) is 4.79 Å². The molecule has 5 nitrogen and oxygen atoms in total. The van der Waals surface area contributed by atoms with Gasteiger partial charge in [0.1, 0.15) is 6.61 Å². The standard InChI is InChI=1S/C2H4O3.Al.2H2O/c3-1-2(4)5;;;/h3H,1H2,(H,4,5);;2*1H2. The summed E-state index contributed by atoms with van der Waals surface area (Å²) in [6.07, 6.45) is 0. The van der Waals surface area contributed by atoms with E-state index in [9.17, 15) is 0 Å². The molecule has 0 heterocycles. The van der Waals surface area contributed by atoms with Gasteiger partial charge < -0.3 is 21.2 Å². The van der Waals surface area contributed by atoms with E-state index in [0.29, 0.717) is 0 Å². The van der Waals surface area contributed by atoms with Crippen LogP contribution in [0.3, 0.4) is 0 Å². The van der Waals surface area contributed by atoms with Crippen molar-refractivity contribution in [1.29, 1.82) is 0 Å². The van der Waals surface area contributed by atoms with Gasteiger partial charge in [0.15, 0.2) is 0 Å². The van der Waals surface area contributed by atoms with E-state index < -0.39 is 12.6 Å². The largest absolute Gasteiger partial charge is 0.480 e. The molecule has 3 radical (unpaired) electrons. The van der Waals surface area contributed by atoms with E-state index in [4.69, 9.17) is 15.0 Å². The number of carbonyl (C=O) groups is 1. The molecule has 0 spiro atoms. The highest BCUT2D eigenvalue weighted by atomic mass is 27.0. The lowest BCUT2D eigenvalue weighted by Crippen LogP contribution is -1.98. The second kappa shape index (κ2) is 15.8. The maximum Gasteiger partial charge on any atom is 0.329 e. The molecule has 0 aromatic heterocycles. The molecule has 0 aromatic rings. The Kier molecular flexibility index (Phi) is 48.9. The molecule has 0 aromatic carbocycles. The van der Waals surface area contributed by atoms with Crippen LogP contribution in [0, 0.1) is 0 Å². The van der Waals surface area contributed by atoms with Crippen molar-refractivity contribution < 1.29 is 26.0 Å². The first kappa shape index (κ1) is 24.8. The SMILES string of the molecule is O.O.O=C(O)CO.[Al]. The Balaban J connectivity index is -0.0000000267. The number of aliphatic hydroxyl groups excluding tert-OH is 1. The van der Waals surface area contributed by atoms with Crippen molar-refractivity contribution in [2.24, 2.45) is 0 Å². The van der Waals surface area contributed by atoms with Crippen LogP contribution in [0.15, 0.2) is 0 Å². The summed E-state index contributed by atoms with van der Waals surface area (Å²) < 4.78 is 0. The Morgan fingerprint density at radius 1 is 1.38 bits per heavy atom. The van der Waals surface area contributed by atoms with Gasteiger partial charge in [-0.2, -0.15) is 0 Å². The van der Waals surface area contributed by atoms with Crippen LogP contribution >= 0.6 is 0 Å². The van der Waals surface area contributed by atoms with Crippen molar-refractivity contribution in [1.82, 2.24) is 0 Å².